The Kier molecular flexibility index (Phi) is 5.20. The molecule has 150 valence electrons. The molecule has 0 spiro atoms. The summed E-state index contributed by atoms with van der Waals surface area (Å²) in [6.07, 6.45) is 0.712. The van der Waals surface area contributed by atoms with E-state index in [2.05, 4.69) is 25.6 Å². The highest BCUT2D eigenvalue weighted by Crippen LogP contribution is 2.31. The van der Waals surface area contributed by atoms with Crippen LogP contribution in [0.15, 0.2) is 24.5 Å². The van der Waals surface area contributed by atoms with Crippen molar-refractivity contribution < 1.29 is 14.0 Å². The third kappa shape index (κ3) is 3.94. The molecule has 0 saturated carbocycles. The summed E-state index contributed by atoms with van der Waals surface area (Å²) < 4.78 is 13.7. The van der Waals surface area contributed by atoms with Crippen molar-refractivity contribution in [1.82, 2.24) is 20.3 Å². The van der Waals surface area contributed by atoms with Gasteiger partial charge in [0.05, 0.1) is 21.0 Å². The quantitative estimate of drug-likeness (QED) is 0.547. The van der Waals surface area contributed by atoms with Crippen LogP contribution in [-0.4, -0.2) is 51.9 Å². The minimum absolute atomic E-state index is 0.0478. The second-order valence-electron chi connectivity index (χ2n) is 6.89. The van der Waals surface area contributed by atoms with Gasteiger partial charge in [-0.3, -0.25) is 9.59 Å². The van der Waals surface area contributed by atoms with E-state index < -0.39 is 12.1 Å². The minimum Gasteiger partial charge on any atom is -0.366 e. The van der Waals surface area contributed by atoms with Crippen LogP contribution in [0.4, 0.5) is 10.2 Å². The lowest BCUT2D eigenvalue weighted by Gasteiger charge is -2.27. The van der Waals surface area contributed by atoms with Gasteiger partial charge in [0.15, 0.2) is 11.6 Å². The number of carbonyl (C=O) groups excluding carboxylic acids is 2. The third-order valence-electron chi connectivity index (χ3n) is 4.70. The van der Waals surface area contributed by atoms with Gasteiger partial charge in [-0.2, -0.15) is 0 Å². The van der Waals surface area contributed by atoms with Crippen LogP contribution in [0.3, 0.4) is 0 Å². The van der Waals surface area contributed by atoms with Gasteiger partial charge in [-0.1, -0.05) is 0 Å². The highest BCUT2D eigenvalue weighted by molar-refractivity contribution is 7.17. The maximum atomic E-state index is 13.7. The number of fused-ring (bicyclic) bond motifs is 1. The number of carbonyl (C=O) groups is 2. The zero-order valence-corrected chi connectivity index (χ0v) is 16.4. The number of rotatable bonds is 5. The molecule has 4 heterocycles. The van der Waals surface area contributed by atoms with E-state index >= 15 is 0 Å². The molecule has 1 aliphatic rings. The fraction of sp³-hybridized carbons (Fsp3) is 0.316. The Morgan fingerprint density at radius 1 is 1.28 bits per heavy atom. The first-order valence-corrected chi connectivity index (χ1v) is 9.92. The topological polar surface area (TPSA) is 123 Å². The number of nitrogens with zero attached hydrogens (tertiary/aromatic N) is 3. The number of anilines is 1. The number of nitrogens with one attached hydrogen (secondary N) is 2. The number of amides is 1. The largest absolute Gasteiger partial charge is 0.366 e. The number of nitrogens with two attached hydrogens (primary N) is 1. The van der Waals surface area contributed by atoms with Crippen molar-refractivity contribution in [3.63, 3.8) is 0 Å². The van der Waals surface area contributed by atoms with Crippen LogP contribution in [0.25, 0.3) is 21.6 Å². The molecular weight excluding hydrogens is 395 g/mol. The Balaban J connectivity index is 1.81. The molecule has 1 amide bonds. The maximum absolute atomic E-state index is 13.7. The van der Waals surface area contributed by atoms with Crippen molar-refractivity contribution in [2.45, 2.75) is 25.6 Å². The van der Waals surface area contributed by atoms with E-state index in [1.807, 2.05) is 0 Å². The summed E-state index contributed by atoms with van der Waals surface area (Å²) >= 11 is 1.28. The standard InChI is InChI=1S/C19H19FN6O2S/c1-9(27)14-2-3-15(29-14)13-5-12(18(21)28)16-17(26-13)19(24-8-23-16)25-11-4-10(20)6-22-7-11/h2-3,5,8,10-11,22H,4,6-7H2,1H3,(H2,21,28)(H,23,24,25)/t10-,11-/m0/s1. The van der Waals surface area contributed by atoms with E-state index in [9.17, 15) is 14.0 Å². The molecule has 3 aromatic rings. The van der Waals surface area contributed by atoms with Gasteiger partial charge in [0.1, 0.15) is 23.5 Å². The van der Waals surface area contributed by atoms with Gasteiger partial charge in [0.2, 0.25) is 0 Å². The fourth-order valence-electron chi connectivity index (χ4n) is 3.32. The van der Waals surface area contributed by atoms with Crippen LogP contribution in [0.1, 0.15) is 33.4 Å². The predicted octanol–water partition coefficient (Wildman–Crippen LogP) is 2.17. The Hall–Kier alpha value is -2.98. The van der Waals surface area contributed by atoms with E-state index in [1.165, 1.54) is 24.6 Å². The van der Waals surface area contributed by atoms with Crippen LogP contribution >= 0.6 is 11.3 Å². The fourth-order valence-corrected chi connectivity index (χ4v) is 4.18. The molecule has 0 aliphatic carbocycles. The molecule has 0 aromatic carbocycles. The maximum Gasteiger partial charge on any atom is 0.251 e. The van der Waals surface area contributed by atoms with E-state index in [1.54, 1.807) is 18.2 Å². The number of pyridine rings is 1. The number of primary amides is 1. The first kappa shape index (κ1) is 19.3. The van der Waals surface area contributed by atoms with Crippen LogP contribution in [0.2, 0.25) is 0 Å². The Labute approximate surface area is 169 Å². The van der Waals surface area contributed by atoms with E-state index in [-0.39, 0.29) is 17.4 Å². The Morgan fingerprint density at radius 2 is 2.10 bits per heavy atom. The number of hydrogen-bond donors (Lipinski definition) is 3. The Morgan fingerprint density at radius 3 is 2.79 bits per heavy atom. The van der Waals surface area contributed by atoms with Gasteiger partial charge in [-0.15, -0.1) is 11.3 Å². The molecule has 0 unspecified atom stereocenters. The lowest BCUT2D eigenvalue weighted by atomic mass is 10.1. The molecule has 29 heavy (non-hydrogen) atoms. The van der Waals surface area contributed by atoms with E-state index in [4.69, 9.17) is 5.73 Å². The summed E-state index contributed by atoms with van der Waals surface area (Å²) in [6, 6.07) is 4.88. The van der Waals surface area contributed by atoms with Gasteiger partial charge in [-0.05, 0) is 25.1 Å². The molecule has 4 N–H and O–H groups in total. The number of ketones is 1. The molecule has 10 heteroatoms. The monoisotopic (exact) mass is 414 g/mol. The third-order valence-corrected chi connectivity index (χ3v) is 5.91. The molecule has 1 saturated heterocycles. The van der Waals surface area contributed by atoms with Crippen LogP contribution in [-0.2, 0) is 0 Å². The average Bonchev–Trinajstić information content (AvgIpc) is 3.18. The number of alkyl halides is 1. The molecule has 8 nitrogen and oxygen atoms in total. The van der Waals surface area contributed by atoms with Crippen LogP contribution in [0.5, 0.6) is 0 Å². The van der Waals surface area contributed by atoms with Crippen LogP contribution < -0.4 is 16.4 Å². The summed E-state index contributed by atoms with van der Waals surface area (Å²) in [5, 5.41) is 6.23. The van der Waals surface area contributed by atoms with Gasteiger partial charge in [0.25, 0.3) is 5.91 Å². The lowest BCUT2D eigenvalue weighted by molar-refractivity contribution is 0.0998. The Bertz CT molecular complexity index is 1100. The molecular formula is C19H19FN6O2S. The number of thiophene rings is 1. The highest BCUT2D eigenvalue weighted by atomic mass is 32.1. The normalized spacial score (nSPS) is 19.2. The molecule has 2 atom stereocenters. The van der Waals surface area contributed by atoms with Gasteiger partial charge in [-0.25, -0.2) is 19.3 Å². The summed E-state index contributed by atoms with van der Waals surface area (Å²) in [6.45, 7) is 2.40. The second kappa shape index (κ2) is 7.80. The first-order valence-electron chi connectivity index (χ1n) is 9.10. The van der Waals surface area contributed by atoms with Crippen molar-refractivity contribution in [2.24, 2.45) is 5.73 Å². The zero-order chi connectivity index (χ0) is 20.5. The van der Waals surface area contributed by atoms with Crippen molar-refractivity contribution in [1.29, 1.82) is 0 Å². The van der Waals surface area contributed by atoms with Crippen molar-refractivity contribution in [3.8, 4) is 10.6 Å². The second-order valence-corrected chi connectivity index (χ2v) is 7.98. The number of Topliss-reactive ketones (excluding diaryl/α,β-unsaturated/α-hetero) is 1. The molecule has 0 bridgehead atoms. The molecule has 0 radical (unpaired) electrons. The van der Waals surface area contributed by atoms with Crippen molar-refractivity contribution >= 4 is 39.9 Å². The van der Waals surface area contributed by atoms with Gasteiger partial charge < -0.3 is 16.4 Å². The molecule has 1 fully saturated rings. The molecule has 3 aromatic heterocycles. The predicted molar refractivity (Wildman–Crippen MR) is 109 cm³/mol. The lowest BCUT2D eigenvalue weighted by Crippen LogP contribution is -2.44. The van der Waals surface area contributed by atoms with Crippen molar-refractivity contribution in [3.05, 3.63) is 35.0 Å². The number of aromatic nitrogens is 3. The summed E-state index contributed by atoms with van der Waals surface area (Å²) in [5.74, 6) is -0.285. The van der Waals surface area contributed by atoms with Gasteiger partial charge >= 0.3 is 0 Å². The minimum atomic E-state index is -0.949. The van der Waals surface area contributed by atoms with Crippen molar-refractivity contribution in [2.75, 3.05) is 18.4 Å². The highest BCUT2D eigenvalue weighted by Gasteiger charge is 2.23. The summed E-state index contributed by atoms with van der Waals surface area (Å²) in [5.41, 5.74) is 6.97. The summed E-state index contributed by atoms with van der Waals surface area (Å²) in [4.78, 5) is 38.1. The van der Waals surface area contributed by atoms with E-state index in [0.717, 1.165) is 4.88 Å². The SMILES string of the molecule is CC(=O)c1ccc(-c2cc(C(N)=O)c3ncnc(N[C@@H]4CNC[C@@H](F)C4)c3n2)s1. The molecule has 4 rings (SSSR count). The average molecular weight is 414 g/mol. The number of hydrogen-bond acceptors (Lipinski definition) is 8. The summed E-state index contributed by atoms with van der Waals surface area (Å²) in [7, 11) is 0. The zero-order valence-electron chi connectivity index (χ0n) is 15.6. The van der Waals surface area contributed by atoms with Crippen LogP contribution in [0, 0.1) is 0 Å². The van der Waals surface area contributed by atoms with E-state index in [0.29, 0.717) is 46.9 Å². The molecule has 1 aliphatic heterocycles. The number of piperidine rings is 1. The van der Waals surface area contributed by atoms with Gasteiger partial charge in [0, 0.05) is 25.6 Å². The smallest absolute Gasteiger partial charge is 0.251 e. The number of halogens is 1. The first-order chi connectivity index (χ1) is 13.9.